The summed E-state index contributed by atoms with van der Waals surface area (Å²) in [6.45, 7) is 3.63. The molecule has 1 heterocycles. The Bertz CT molecular complexity index is 235. The molecule has 0 aliphatic carbocycles. The van der Waals surface area contributed by atoms with Crippen LogP contribution in [-0.4, -0.2) is 45.8 Å². The van der Waals surface area contributed by atoms with Gasteiger partial charge in [0.25, 0.3) is 0 Å². The molecule has 1 saturated heterocycles. The van der Waals surface area contributed by atoms with Crippen LogP contribution in [0.4, 0.5) is 0 Å². The summed E-state index contributed by atoms with van der Waals surface area (Å²) in [5.41, 5.74) is 0. The zero-order valence-electron chi connectivity index (χ0n) is 7.86. The van der Waals surface area contributed by atoms with E-state index in [0.29, 0.717) is 26.2 Å². The van der Waals surface area contributed by atoms with Crippen LogP contribution in [-0.2, 0) is 19.3 Å². The van der Waals surface area contributed by atoms with E-state index in [1.807, 2.05) is 6.92 Å². The first-order valence-corrected chi connectivity index (χ1v) is 6.36. The van der Waals surface area contributed by atoms with E-state index in [9.17, 15) is 8.42 Å². The van der Waals surface area contributed by atoms with E-state index >= 15 is 0 Å². The molecule has 0 saturated carbocycles. The fourth-order valence-electron chi connectivity index (χ4n) is 1.31. The van der Waals surface area contributed by atoms with E-state index < -0.39 is 9.84 Å². The number of rotatable bonds is 5. The Balaban J connectivity index is 2.11. The molecule has 1 aliphatic rings. The van der Waals surface area contributed by atoms with Crippen molar-refractivity contribution >= 4 is 9.84 Å². The third-order valence-electron chi connectivity index (χ3n) is 1.98. The van der Waals surface area contributed by atoms with Crippen molar-refractivity contribution in [2.45, 2.75) is 19.4 Å². The van der Waals surface area contributed by atoms with Gasteiger partial charge in [-0.05, 0) is 13.3 Å². The van der Waals surface area contributed by atoms with Gasteiger partial charge < -0.3 is 9.47 Å². The van der Waals surface area contributed by atoms with Gasteiger partial charge in [0.2, 0.25) is 0 Å². The third kappa shape index (κ3) is 4.06. The Hall–Kier alpha value is -0.130. The Kier molecular flexibility index (Phi) is 4.15. The third-order valence-corrected chi connectivity index (χ3v) is 3.71. The van der Waals surface area contributed by atoms with Crippen LogP contribution in [0.5, 0.6) is 0 Å². The minimum atomic E-state index is -2.80. The molecule has 1 unspecified atom stereocenters. The van der Waals surface area contributed by atoms with Crippen molar-refractivity contribution in [1.82, 2.24) is 0 Å². The van der Waals surface area contributed by atoms with Gasteiger partial charge in [0.05, 0.1) is 30.8 Å². The van der Waals surface area contributed by atoms with Crippen molar-refractivity contribution in [1.29, 1.82) is 0 Å². The van der Waals surface area contributed by atoms with Crippen molar-refractivity contribution in [2.75, 3.05) is 31.3 Å². The summed E-state index contributed by atoms with van der Waals surface area (Å²) < 4.78 is 32.4. The van der Waals surface area contributed by atoms with Crippen LogP contribution in [0.15, 0.2) is 0 Å². The van der Waals surface area contributed by atoms with Crippen molar-refractivity contribution in [2.24, 2.45) is 0 Å². The molecule has 1 rings (SSSR count). The summed E-state index contributed by atoms with van der Waals surface area (Å²) >= 11 is 0. The molecule has 0 N–H and O–H groups in total. The Morgan fingerprint density at radius 2 is 2.15 bits per heavy atom. The van der Waals surface area contributed by atoms with Crippen LogP contribution < -0.4 is 0 Å². The topological polar surface area (TPSA) is 52.6 Å². The van der Waals surface area contributed by atoms with Crippen molar-refractivity contribution in [3.8, 4) is 0 Å². The molecule has 78 valence electrons. The van der Waals surface area contributed by atoms with E-state index in [1.54, 1.807) is 0 Å². The Morgan fingerprint density at radius 1 is 1.38 bits per heavy atom. The first kappa shape index (κ1) is 10.9. The van der Waals surface area contributed by atoms with Gasteiger partial charge in [0.15, 0.2) is 9.84 Å². The van der Waals surface area contributed by atoms with Gasteiger partial charge in [0.1, 0.15) is 0 Å². The molecule has 1 fully saturated rings. The summed E-state index contributed by atoms with van der Waals surface area (Å²) in [7, 11) is -2.80. The zero-order chi connectivity index (χ0) is 9.73. The summed E-state index contributed by atoms with van der Waals surface area (Å²) in [4.78, 5) is 0. The molecule has 4 nitrogen and oxygen atoms in total. The van der Waals surface area contributed by atoms with E-state index in [2.05, 4.69) is 0 Å². The Morgan fingerprint density at radius 3 is 2.69 bits per heavy atom. The molecular weight excluding hydrogens is 192 g/mol. The minimum absolute atomic E-state index is 0.106. The molecule has 0 radical (unpaired) electrons. The molecule has 0 bridgehead atoms. The van der Waals surface area contributed by atoms with Crippen LogP contribution in [0, 0.1) is 0 Å². The molecule has 13 heavy (non-hydrogen) atoms. The summed E-state index contributed by atoms with van der Waals surface area (Å²) in [5, 5.41) is 0. The SMILES string of the molecule is CCOCCOC1CCS(=O)(=O)C1. The zero-order valence-corrected chi connectivity index (χ0v) is 8.68. The standard InChI is InChI=1S/C8H16O4S/c1-2-11-4-5-12-8-3-6-13(9,10)7-8/h8H,2-7H2,1H3. The number of hydrogen-bond acceptors (Lipinski definition) is 4. The van der Waals surface area contributed by atoms with Gasteiger partial charge in [-0.3, -0.25) is 0 Å². The molecular formula is C8H16O4S. The smallest absolute Gasteiger partial charge is 0.152 e. The van der Waals surface area contributed by atoms with Crippen LogP contribution in [0.1, 0.15) is 13.3 Å². The molecule has 1 atom stereocenters. The highest BCUT2D eigenvalue weighted by molar-refractivity contribution is 7.91. The number of sulfone groups is 1. The van der Waals surface area contributed by atoms with Crippen LogP contribution in [0.25, 0.3) is 0 Å². The second-order valence-corrected chi connectivity index (χ2v) is 5.32. The highest BCUT2D eigenvalue weighted by Gasteiger charge is 2.28. The molecule has 0 spiro atoms. The summed E-state index contributed by atoms with van der Waals surface area (Å²) in [6.07, 6.45) is 0.527. The molecule has 0 aromatic rings. The lowest BCUT2D eigenvalue weighted by molar-refractivity contribution is 0.0186. The van der Waals surface area contributed by atoms with Crippen molar-refractivity contribution < 1.29 is 17.9 Å². The van der Waals surface area contributed by atoms with Crippen LogP contribution in [0.2, 0.25) is 0 Å². The van der Waals surface area contributed by atoms with E-state index in [1.165, 1.54) is 0 Å². The predicted octanol–water partition coefficient (Wildman–Crippen LogP) is 0.227. The second-order valence-electron chi connectivity index (χ2n) is 3.09. The van der Waals surface area contributed by atoms with Gasteiger partial charge in [0, 0.05) is 6.61 Å². The van der Waals surface area contributed by atoms with Crippen molar-refractivity contribution in [3.63, 3.8) is 0 Å². The highest BCUT2D eigenvalue weighted by Crippen LogP contribution is 2.14. The fraction of sp³-hybridized carbons (Fsp3) is 1.00. The van der Waals surface area contributed by atoms with E-state index in [4.69, 9.17) is 9.47 Å². The molecule has 1 aliphatic heterocycles. The molecule has 0 aromatic carbocycles. The largest absolute Gasteiger partial charge is 0.379 e. The highest BCUT2D eigenvalue weighted by atomic mass is 32.2. The van der Waals surface area contributed by atoms with Crippen LogP contribution in [0.3, 0.4) is 0 Å². The summed E-state index contributed by atoms with van der Waals surface area (Å²) in [6, 6.07) is 0. The molecule has 5 heteroatoms. The van der Waals surface area contributed by atoms with Gasteiger partial charge in [-0.15, -0.1) is 0 Å². The maximum atomic E-state index is 11.0. The van der Waals surface area contributed by atoms with Gasteiger partial charge in [-0.1, -0.05) is 0 Å². The average Bonchev–Trinajstić information content (AvgIpc) is 2.40. The molecule has 0 amide bonds. The van der Waals surface area contributed by atoms with Crippen molar-refractivity contribution in [3.05, 3.63) is 0 Å². The maximum absolute atomic E-state index is 11.0. The van der Waals surface area contributed by atoms with Crippen LogP contribution >= 0.6 is 0 Å². The minimum Gasteiger partial charge on any atom is -0.379 e. The monoisotopic (exact) mass is 208 g/mol. The van der Waals surface area contributed by atoms with Gasteiger partial charge >= 0.3 is 0 Å². The average molecular weight is 208 g/mol. The first-order chi connectivity index (χ1) is 6.14. The quantitative estimate of drug-likeness (QED) is 0.607. The normalized spacial score (nSPS) is 26.4. The van der Waals surface area contributed by atoms with Gasteiger partial charge in [-0.25, -0.2) is 8.42 Å². The summed E-state index contributed by atoms with van der Waals surface area (Å²) in [5.74, 6) is 0.450. The fourth-order valence-corrected chi connectivity index (χ4v) is 2.93. The lowest BCUT2D eigenvalue weighted by Crippen LogP contribution is -2.17. The number of ether oxygens (including phenoxy) is 2. The lowest BCUT2D eigenvalue weighted by atomic mass is 10.3. The predicted molar refractivity (Wildman–Crippen MR) is 49.5 cm³/mol. The van der Waals surface area contributed by atoms with Gasteiger partial charge in [-0.2, -0.15) is 0 Å². The number of hydrogen-bond donors (Lipinski definition) is 0. The van der Waals surface area contributed by atoms with E-state index in [0.717, 1.165) is 0 Å². The Labute approximate surface area is 79.1 Å². The molecule has 0 aromatic heterocycles. The lowest BCUT2D eigenvalue weighted by Gasteiger charge is -2.09. The maximum Gasteiger partial charge on any atom is 0.152 e. The first-order valence-electron chi connectivity index (χ1n) is 4.54. The van der Waals surface area contributed by atoms with E-state index in [-0.39, 0.29) is 17.6 Å². The second kappa shape index (κ2) is 4.93.